The molecule has 3 heteroatoms. The van der Waals surface area contributed by atoms with E-state index in [1.807, 2.05) is 19.1 Å². The molecule has 3 nitrogen and oxygen atoms in total. The van der Waals surface area contributed by atoms with Gasteiger partial charge in [-0.1, -0.05) is 6.07 Å². The van der Waals surface area contributed by atoms with Gasteiger partial charge in [-0.25, -0.2) is 0 Å². The minimum Gasteiger partial charge on any atom is -0.496 e. The molecule has 0 aliphatic rings. The number of rotatable bonds is 3. The first-order chi connectivity index (χ1) is 6.22. The predicted octanol–water partition coefficient (Wildman–Crippen LogP) is 0.988. The van der Waals surface area contributed by atoms with Gasteiger partial charge in [0.2, 0.25) is 0 Å². The van der Waals surface area contributed by atoms with Crippen molar-refractivity contribution in [3.63, 3.8) is 0 Å². The Morgan fingerprint density at radius 2 is 1.92 bits per heavy atom. The molecule has 0 spiro atoms. The van der Waals surface area contributed by atoms with Crippen molar-refractivity contribution in [2.24, 2.45) is 0 Å². The number of methoxy groups -OCH3 is 1. The third-order valence-electron chi connectivity index (χ3n) is 1.99. The minimum absolute atomic E-state index is 0.0755. The molecule has 0 saturated heterocycles. The number of aliphatic hydroxyl groups excluding tert-OH is 2. The van der Waals surface area contributed by atoms with Crippen LogP contribution in [0.1, 0.15) is 16.7 Å². The van der Waals surface area contributed by atoms with Gasteiger partial charge in [-0.3, -0.25) is 0 Å². The summed E-state index contributed by atoms with van der Waals surface area (Å²) < 4.78 is 5.09. The summed E-state index contributed by atoms with van der Waals surface area (Å²) in [4.78, 5) is 0. The second-order valence-corrected chi connectivity index (χ2v) is 2.92. The van der Waals surface area contributed by atoms with Crippen LogP contribution in [0.25, 0.3) is 0 Å². The molecule has 72 valence electrons. The standard InChI is InChI=1S/C10H14O3/c1-7-3-8(5-11)9(6-12)10(4-7)13-2/h3-4,11-12H,5-6H2,1-2H3. The minimum atomic E-state index is -0.112. The van der Waals surface area contributed by atoms with Gasteiger partial charge < -0.3 is 14.9 Å². The maximum Gasteiger partial charge on any atom is 0.124 e. The Balaban J connectivity index is 3.25. The average Bonchev–Trinajstić information content (AvgIpc) is 2.16. The summed E-state index contributed by atoms with van der Waals surface area (Å²) in [5.41, 5.74) is 2.40. The summed E-state index contributed by atoms with van der Waals surface area (Å²) in [6.45, 7) is 1.73. The van der Waals surface area contributed by atoms with E-state index in [0.29, 0.717) is 11.3 Å². The maximum absolute atomic E-state index is 9.06. The van der Waals surface area contributed by atoms with Crippen molar-refractivity contribution < 1.29 is 14.9 Å². The highest BCUT2D eigenvalue weighted by Gasteiger charge is 2.08. The fraction of sp³-hybridized carbons (Fsp3) is 0.400. The zero-order chi connectivity index (χ0) is 9.84. The van der Waals surface area contributed by atoms with E-state index >= 15 is 0 Å². The number of aliphatic hydroxyl groups is 2. The predicted molar refractivity (Wildman–Crippen MR) is 49.6 cm³/mol. The Hall–Kier alpha value is -1.06. The van der Waals surface area contributed by atoms with Crippen molar-refractivity contribution in [3.8, 4) is 5.75 Å². The van der Waals surface area contributed by atoms with Crippen LogP contribution in [0.5, 0.6) is 5.75 Å². The molecule has 1 aromatic rings. The molecule has 0 bridgehead atoms. The van der Waals surface area contributed by atoms with E-state index in [4.69, 9.17) is 14.9 Å². The molecule has 13 heavy (non-hydrogen) atoms. The van der Waals surface area contributed by atoms with Gasteiger partial charge >= 0.3 is 0 Å². The number of aryl methyl sites for hydroxylation is 1. The fourth-order valence-corrected chi connectivity index (χ4v) is 1.36. The Kier molecular flexibility index (Phi) is 3.28. The van der Waals surface area contributed by atoms with Crippen molar-refractivity contribution in [2.75, 3.05) is 7.11 Å². The highest BCUT2D eigenvalue weighted by molar-refractivity contribution is 5.42. The average molecular weight is 182 g/mol. The van der Waals surface area contributed by atoms with E-state index in [1.165, 1.54) is 0 Å². The van der Waals surface area contributed by atoms with Crippen molar-refractivity contribution >= 4 is 0 Å². The van der Waals surface area contributed by atoms with Crippen LogP contribution in [0, 0.1) is 6.92 Å². The normalized spacial score (nSPS) is 10.2. The molecule has 0 unspecified atom stereocenters. The molecule has 0 aliphatic heterocycles. The lowest BCUT2D eigenvalue weighted by Crippen LogP contribution is -1.99. The third kappa shape index (κ3) is 1.99. The second kappa shape index (κ2) is 4.25. The highest BCUT2D eigenvalue weighted by atomic mass is 16.5. The largest absolute Gasteiger partial charge is 0.496 e. The monoisotopic (exact) mass is 182 g/mol. The van der Waals surface area contributed by atoms with Gasteiger partial charge in [0, 0.05) is 5.56 Å². The second-order valence-electron chi connectivity index (χ2n) is 2.92. The van der Waals surface area contributed by atoms with Gasteiger partial charge in [0.1, 0.15) is 5.75 Å². The molecule has 0 aromatic heterocycles. The van der Waals surface area contributed by atoms with Crippen molar-refractivity contribution in [1.29, 1.82) is 0 Å². The Labute approximate surface area is 77.6 Å². The van der Waals surface area contributed by atoms with Gasteiger partial charge in [-0.2, -0.15) is 0 Å². The molecule has 0 amide bonds. The number of ether oxygens (including phenoxy) is 1. The summed E-state index contributed by atoms with van der Waals surface area (Å²) >= 11 is 0. The number of hydrogen-bond donors (Lipinski definition) is 2. The molecule has 0 radical (unpaired) electrons. The zero-order valence-corrected chi connectivity index (χ0v) is 7.87. The van der Waals surface area contributed by atoms with Crippen LogP contribution in [-0.4, -0.2) is 17.3 Å². The smallest absolute Gasteiger partial charge is 0.124 e. The molecule has 1 rings (SSSR count). The molecule has 1 aromatic carbocycles. The highest BCUT2D eigenvalue weighted by Crippen LogP contribution is 2.24. The topological polar surface area (TPSA) is 49.7 Å². The lowest BCUT2D eigenvalue weighted by Gasteiger charge is -2.11. The van der Waals surface area contributed by atoms with E-state index in [0.717, 1.165) is 11.1 Å². The van der Waals surface area contributed by atoms with E-state index in [-0.39, 0.29) is 13.2 Å². The van der Waals surface area contributed by atoms with Crippen LogP contribution in [0.15, 0.2) is 12.1 Å². The van der Waals surface area contributed by atoms with Crippen LogP contribution in [0.4, 0.5) is 0 Å². The summed E-state index contributed by atoms with van der Waals surface area (Å²) in [6, 6.07) is 3.68. The quantitative estimate of drug-likeness (QED) is 0.732. The van der Waals surface area contributed by atoms with E-state index in [1.54, 1.807) is 7.11 Å². The van der Waals surface area contributed by atoms with Crippen LogP contribution < -0.4 is 4.74 Å². The van der Waals surface area contributed by atoms with Crippen molar-refractivity contribution in [2.45, 2.75) is 20.1 Å². The number of benzene rings is 1. The summed E-state index contributed by atoms with van der Waals surface area (Å²) in [5, 5.41) is 18.1. The van der Waals surface area contributed by atoms with Gasteiger partial charge in [0.15, 0.2) is 0 Å². The Morgan fingerprint density at radius 1 is 1.23 bits per heavy atom. The first-order valence-electron chi connectivity index (χ1n) is 4.11. The van der Waals surface area contributed by atoms with Crippen molar-refractivity contribution in [1.82, 2.24) is 0 Å². The van der Waals surface area contributed by atoms with E-state index in [9.17, 15) is 0 Å². The fourth-order valence-electron chi connectivity index (χ4n) is 1.36. The molecule has 0 atom stereocenters. The molecule has 0 fully saturated rings. The lowest BCUT2D eigenvalue weighted by atomic mass is 10.0. The van der Waals surface area contributed by atoms with Crippen LogP contribution >= 0.6 is 0 Å². The molecule has 0 aliphatic carbocycles. The van der Waals surface area contributed by atoms with Gasteiger partial charge in [-0.05, 0) is 24.1 Å². The van der Waals surface area contributed by atoms with Gasteiger partial charge in [0.25, 0.3) is 0 Å². The lowest BCUT2D eigenvalue weighted by molar-refractivity contribution is 0.254. The maximum atomic E-state index is 9.06. The number of hydrogen-bond acceptors (Lipinski definition) is 3. The molecule has 0 heterocycles. The van der Waals surface area contributed by atoms with Crippen LogP contribution in [-0.2, 0) is 13.2 Å². The van der Waals surface area contributed by atoms with Gasteiger partial charge in [0.05, 0.1) is 20.3 Å². The third-order valence-corrected chi connectivity index (χ3v) is 1.99. The zero-order valence-electron chi connectivity index (χ0n) is 7.87. The van der Waals surface area contributed by atoms with Crippen LogP contribution in [0.3, 0.4) is 0 Å². The summed E-state index contributed by atoms with van der Waals surface area (Å²) in [5.74, 6) is 0.631. The molecular formula is C10H14O3. The van der Waals surface area contributed by atoms with E-state index in [2.05, 4.69) is 0 Å². The first kappa shape index (κ1) is 10.0. The Bertz CT molecular complexity index is 269. The molecular weight excluding hydrogens is 168 g/mol. The first-order valence-corrected chi connectivity index (χ1v) is 4.11. The SMILES string of the molecule is COc1cc(C)cc(CO)c1CO. The summed E-state index contributed by atoms with van der Waals surface area (Å²) in [6.07, 6.45) is 0. The van der Waals surface area contributed by atoms with Crippen molar-refractivity contribution in [3.05, 3.63) is 28.8 Å². The van der Waals surface area contributed by atoms with Gasteiger partial charge in [-0.15, -0.1) is 0 Å². The molecule has 0 saturated carbocycles. The van der Waals surface area contributed by atoms with Crippen LogP contribution in [0.2, 0.25) is 0 Å². The Morgan fingerprint density at radius 3 is 2.38 bits per heavy atom. The van der Waals surface area contributed by atoms with E-state index < -0.39 is 0 Å². The summed E-state index contributed by atoms with van der Waals surface area (Å²) in [7, 11) is 1.55. The molecule has 2 N–H and O–H groups in total.